The minimum Gasteiger partial charge on any atom is -0.193 e. The van der Waals surface area contributed by atoms with Crippen molar-refractivity contribution in [2.24, 2.45) is 20.7 Å². The molecule has 0 amide bonds. The first-order valence-electron chi connectivity index (χ1n) is 2.97. The molecule has 1 heterocycles. The van der Waals surface area contributed by atoms with Gasteiger partial charge in [-0.1, -0.05) is 58.0 Å². The predicted octanol–water partition coefficient (Wildman–Crippen LogP) is 3.58. The van der Waals surface area contributed by atoms with Gasteiger partial charge in [0.05, 0.1) is 0 Å². The molecule has 0 saturated carbocycles. The van der Waals surface area contributed by atoms with Crippen LogP contribution in [0.2, 0.25) is 0 Å². The van der Waals surface area contributed by atoms with E-state index in [0.29, 0.717) is 0 Å². The second-order valence-electron chi connectivity index (χ2n) is 2.24. The zero-order valence-electron chi connectivity index (χ0n) is 6.13. The fraction of sp³-hybridized carbons (Fsp3) is 0.750. The van der Waals surface area contributed by atoms with Gasteiger partial charge in [0.1, 0.15) is 6.07 Å². The van der Waals surface area contributed by atoms with Gasteiger partial charge in [0.25, 0.3) is 0 Å². The van der Waals surface area contributed by atoms with Crippen molar-refractivity contribution in [2.45, 2.75) is 13.8 Å². The smallest absolute Gasteiger partial charge is 0.193 e. The molecule has 0 aliphatic carbocycles. The summed E-state index contributed by atoms with van der Waals surface area (Å²) in [6.45, 7) is 0. The SMILES string of the molecule is N#CC1(C(Cl)(Cl)C(Cl)(Cl)Cl)N=NN=N1. The van der Waals surface area contributed by atoms with Gasteiger partial charge in [0, 0.05) is 0 Å². The Morgan fingerprint density at radius 3 is 1.71 bits per heavy atom. The summed E-state index contributed by atoms with van der Waals surface area (Å²) in [5, 5.41) is 21.7. The molecule has 0 saturated heterocycles. The molecule has 0 bridgehead atoms. The summed E-state index contributed by atoms with van der Waals surface area (Å²) < 4.78 is -4.34. The largest absolute Gasteiger partial charge is 0.315 e. The second-order valence-corrected chi connectivity index (χ2v) is 5.84. The quantitative estimate of drug-likeness (QED) is 0.681. The number of hydrogen-bond acceptors (Lipinski definition) is 5. The first kappa shape index (κ1) is 12.2. The van der Waals surface area contributed by atoms with Gasteiger partial charge in [0.2, 0.25) is 8.13 Å². The van der Waals surface area contributed by atoms with E-state index >= 15 is 0 Å². The fourth-order valence-electron chi connectivity index (χ4n) is 0.628. The van der Waals surface area contributed by atoms with Gasteiger partial charge in [-0.2, -0.15) is 5.26 Å². The lowest BCUT2D eigenvalue weighted by molar-refractivity contribution is 0.493. The van der Waals surface area contributed by atoms with Gasteiger partial charge in [-0.05, 0) is 10.4 Å². The predicted molar refractivity (Wildman–Crippen MR) is 52.8 cm³/mol. The highest BCUT2D eigenvalue weighted by Crippen LogP contribution is 2.54. The molecule has 0 spiro atoms. The Labute approximate surface area is 104 Å². The summed E-state index contributed by atoms with van der Waals surface area (Å²) in [6, 6.07) is 1.59. The van der Waals surface area contributed by atoms with Crippen LogP contribution in [0, 0.1) is 11.3 Å². The first-order valence-corrected chi connectivity index (χ1v) is 4.86. The zero-order valence-corrected chi connectivity index (χ0v) is 9.91. The molecule has 0 aromatic heterocycles. The number of halogens is 5. The standard InChI is InChI=1S/C4Cl5N5/c5-3(6,4(7,8)9)2(1-10)11-13-14-12-2. The van der Waals surface area contributed by atoms with Crippen molar-refractivity contribution < 1.29 is 0 Å². The lowest BCUT2D eigenvalue weighted by Crippen LogP contribution is -2.50. The van der Waals surface area contributed by atoms with E-state index in [1.807, 2.05) is 0 Å². The Morgan fingerprint density at radius 1 is 1.00 bits per heavy atom. The molecule has 0 N–H and O–H groups in total. The summed E-state index contributed by atoms with van der Waals surface area (Å²) in [4.78, 5) is 0. The van der Waals surface area contributed by atoms with Crippen LogP contribution in [-0.4, -0.2) is 13.8 Å². The summed E-state index contributed by atoms with van der Waals surface area (Å²) >= 11 is 27.9. The Morgan fingerprint density at radius 2 is 1.43 bits per heavy atom. The molecular formula is C4Cl5N5. The lowest BCUT2D eigenvalue weighted by atomic mass is 10.1. The molecule has 0 aromatic rings. The number of rotatable bonds is 1. The van der Waals surface area contributed by atoms with Crippen molar-refractivity contribution in [3.05, 3.63) is 0 Å². The average molecular weight is 295 g/mol. The molecule has 14 heavy (non-hydrogen) atoms. The topological polar surface area (TPSA) is 73.2 Å². The molecule has 0 unspecified atom stereocenters. The van der Waals surface area contributed by atoms with Crippen LogP contribution in [0.3, 0.4) is 0 Å². The van der Waals surface area contributed by atoms with Gasteiger partial charge < -0.3 is 0 Å². The van der Waals surface area contributed by atoms with Crippen molar-refractivity contribution in [3.63, 3.8) is 0 Å². The van der Waals surface area contributed by atoms with E-state index in [0.717, 1.165) is 0 Å². The Balaban J connectivity index is 3.22. The van der Waals surface area contributed by atoms with E-state index in [4.69, 9.17) is 63.3 Å². The highest BCUT2D eigenvalue weighted by atomic mass is 35.6. The first-order chi connectivity index (χ1) is 6.27. The number of nitriles is 1. The van der Waals surface area contributed by atoms with Crippen molar-refractivity contribution in [2.75, 3.05) is 0 Å². The molecule has 1 rings (SSSR count). The Kier molecular flexibility index (Phi) is 3.15. The molecule has 1 aliphatic rings. The summed E-state index contributed by atoms with van der Waals surface area (Å²) in [5.41, 5.74) is -2.03. The van der Waals surface area contributed by atoms with Gasteiger partial charge in [-0.25, -0.2) is 0 Å². The molecule has 76 valence electrons. The maximum absolute atomic E-state index is 8.81. The number of hydrogen-bond donors (Lipinski definition) is 0. The minimum absolute atomic E-state index is 1.59. The highest BCUT2D eigenvalue weighted by Gasteiger charge is 2.65. The monoisotopic (exact) mass is 293 g/mol. The molecule has 0 aromatic carbocycles. The van der Waals surface area contributed by atoms with Gasteiger partial charge in [-0.15, -0.1) is 10.2 Å². The lowest BCUT2D eigenvalue weighted by Gasteiger charge is -2.32. The van der Waals surface area contributed by atoms with Crippen LogP contribution >= 0.6 is 58.0 Å². The molecule has 5 nitrogen and oxygen atoms in total. The zero-order chi connectivity index (χ0) is 11.0. The maximum atomic E-state index is 8.81. The normalized spacial score (nSPS) is 19.7. The van der Waals surface area contributed by atoms with Crippen LogP contribution in [0.4, 0.5) is 0 Å². The van der Waals surface area contributed by atoms with Crippen LogP contribution < -0.4 is 0 Å². The van der Waals surface area contributed by atoms with Crippen LogP contribution in [0.15, 0.2) is 20.7 Å². The molecule has 1 aliphatic heterocycles. The van der Waals surface area contributed by atoms with Gasteiger partial charge in [-0.3, -0.25) is 0 Å². The third kappa shape index (κ3) is 1.66. The van der Waals surface area contributed by atoms with Crippen molar-refractivity contribution >= 4 is 58.0 Å². The van der Waals surface area contributed by atoms with E-state index in [1.165, 1.54) is 0 Å². The van der Waals surface area contributed by atoms with Crippen LogP contribution in [0.5, 0.6) is 0 Å². The third-order valence-corrected chi connectivity index (χ3v) is 3.89. The highest BCUT2D eigenvalue weighted by molar-refractivity contribution is 6.76. The Hall–Kier alpha value is 0.140. The molecular weight excluding hydrogens is 295 g/mol. The molecule has 10 heteroatoms. The Bertz CT molecular complexity index is 323. The molecule has 0 atom stereocenters. The van der Waals surface area contributed by atoms with E-state index in [1.54, 1.807) is 6.07 Å². The van der Waals surface area contributed by atoms with Crippen LogP contribution in [0.25, 0.3) is 0 Å². The van der Waals surface area contributed by atoms with Gasteiger partial charge in [0.15, 0.2) is 0 Å². The van der Waals surface area contributed by atoms with E-state index in [2.05, 4.69) is 20.7 Å². The maximum Gasteiger partial charge on any atom is 0.315 e. The number of nitrogens with zero attached hydrogens (tertiary/aromatic N) is 5. The average Bonchev–Trinajstić information content (AvgIpc) is 2.51. The van der Waals surface area contributed by atoms with E-state index < -0.39 is 13.8 Å². The van der Waals surface area contributed by atoms with E-state index in [9.17, 15) is 0 Å². The summed E-state index contributed by atoms with van der Waals surface area (Å²) in [6.07, 6.45) is 0. The second kappa shape index (κ2) is 3.62. The van der Waals surface area contributed by atoms with Gasteiger partial charge >= 0.3 is 5.66 Å². The van der Waals surface area contributed by atoms with Crippen LogP contribution in [-0.2, 0) is 0 Å². The van der Waals surface area contributed by atoms with Crippen molar-refractivity contribution in [1.82, 2.24) is 0 Å². The molecule has 0 fully saturated rings. The minimum atomic E-state index is -2.18. The van der Waals surface area contributed by atoms with Crippen molar-refractivity contribution in [3.8, 4) is 6.07 Å². The van der Waals surface area contributed by atoms with Crippen molar-refractivity contribution in [1.29, 1.82) is 5.26 Å². The molecule has 0 radical (unpaired) electrons. The third-order valence-electron chi connectivity index (χ3n) is 1.37. The van der Waals surface area contributed by atoms with E-state index in [-0.39, 0.29) is 0 Å². The number of alkyl halides is 5. The fourth-order valence-corrected chi connectivity index (χ4v) is 1.26. The summed E-state index contributed by atoms with van der Waals surface area (Å²) in [7, 11) is 0. The summed E-state index contributed by atoms with van der Waals surface area (Å²) in [5.74, 6) is 0. The van der Waals surface area contributed by atoms with Crippen LogP contribution in [0.1, 0.15) is 0 Å².